The van der Waals surface area contributed by atoms with Gasteiger partial charge < -0.3 is 5.32 Å². The van der Waals surface area contributed by atoms with Crippen LogP contribution in [0.3, 0.4) is 0 Å². The summed E-state index contributed by atoms with van der Waals surface area (Å²) in [5.74, 6) is 0. The lowest BCUT2D eigenvalue weighted by Crippen LogP contribution is -2.11. The van der Waals surface area contributed by atoms with Crippen molar-refractivity contribution in [2.45, 2.75) is 13.5 Å². The van der Waals surface area contributed by atoms with Gasteiger partial charge in [0.2, 0.25) is 0 Å². The van der Waals surface area contributed by atoms with Crippen molar-refractivity contribution in [1.29, 1.82) is 0 Å². The van der Waals surface area contributed by atoms with Crippen molar-refractivity contribution in [3.05, 3.63) is 58.1 Å². The second kappa shape index (κ2) is 7.20. The van der Waals surface area contributed by atoms with Gasteiger partial charge in [0.1, 0.15) is 5.52 Å². The highest BCUT2D eigenvalue weighted by molar-refractivity contribution is 6.34. The number of benzene rings is 1. The van der Waals surface area contributed by atoms with E-state index in [0.717, 1.165) is 16.8 Å². The van der Waals surface area contributed by atoms with Crippen LogP contribution in [0.5, 0.6) is 0 Å². The first-order valence-corrected chi connectivity index (χ1v) is 6.98. The third kappa shape index (κ3) is 4.28. The quantitative estimate of drug-likeness (QED) is 0.667. The zero-order valence-electron chi connectivity index (χ0n) is 11.5. The minimum Gasteiger partial charge on any atom is -0.380 e. The lowest BCUT2D eigenvalue weighted by molar-refractivity contribution is 0.830. The molecule has 0 spiro atoms. The molecule has 6 heteroatoms. The Hall–Kier alpha value is -1.91. The van der Waals surface area contributed by atoms with E-state index in [1.165, 1.54) is 0 Å². The predicted octanol–water partition coefficient (Wildman–Crippen LogP) is 4.06. The second-order valence-electron chi connectivity index (χ2n) is 4.35. The molecule has 2 aromatic rings. The molecule has 1 aromatic heterocycles. The molecule has 0 aliphatic carbocycles. The third-order valence-electron chi connectivity index (χ3n) is 2.67. The third-order valence-corrected chi connectivity index (χ3v) is 3.07. The molecule has 0 atom stereocenters. The summed E-state index contributed by atoms with van der Waals surface area (Å²) in [5.41, 5.74) is 3.22. The van der Waals surface area contributed by atoms with Crippen LogP contribution in [0.15, 0.2) is 52.5 Å². The lowest BCUT2D eigenvalue weighted by Gasteiger charge is -2.09. The average Bonchev–Trinajstić information content (AvgIpc) is 2.44. The van der Waals surface area contributed by atoms with E-state index >= 15 is 0 Å². The summed E-state index contributed by atoms with van der Waals surface area (Å²) in [6, 6.07) is 3.80. The molecular weight excluding hydrogens is 307 g/mol. The van der Waals surface area contributed by atoms with Gasteiger partial charge in [0.15, 0.2) is 0 Å². The van der Waals surface area contributed by atoms with Gasteiger partial charge in [0.05, 0.1) is 16.2 Å². The number of nitrogens with one attached hydrogen (secondary N) is 1. The van der Waals surface area contributed by atoms with Crippen molar-refractivity contribution in [1.82, 2.24) is 15.3 Å². The van der Waals surface area contributed by atoms with Crippen molar-refractivity contribution in [3.63, 3.8) is 0 Å². The Kier molecular flexibility index (Phi) is 5.31. The topological polar surface area (TPSA) is 50.2 Å². The zero-order chi connectivity index (χ0) is 15.2. The molecule has 4 nitrogen and oxygen atoms in total. The number of fused-ring (bicyclic) bond motifs is 1. The fourth-order valence-electron chi connectivity index (χ4n) is 1.84. The molecule has 0 aliphatic heterocycles. The SMILES string of the molecule is C=N/C=C(\C=C(C)Cl)NCc1cc(Cl)c2nccnc2c1. The summed E-state index contributed by atoms with van der Waals surface area (Å²) in [6.07, 6.45) is 6.65. The molecule has 1 aromatic carbocycles. The molecule has 0 fully saturated rings. The van der Waals surface area contributed by atoms with Crippen LogP contribution >= 0.6 is 23.2 Å². The molecule has 1 N–H and O–H groups in total. The van der Waals surface area contributed by atoms with Crippen LogP contribution in [0.2, 0.25) is 5.02 Å². The van der Waals surface area contributed by atoms with Crippen LogP contribution < -0.4 is 5.32 Å². The van der Waals surface area contributed by atoms with Gasteiger partial charge in [-0.15, -0.1) is 0 Å². The fraction of sp³-hybridized carbons (Fsp3) is 0.133. The smallest absolute Gasteiger partial charge is 0.107 e. The Labute approximate surface area is 133 Å². The Morgan fingerprint density at radius 2 is 2.14 bits per heavy atom. The first kappa shape index (κ1) is 15.5. The maximum absolute atomic E-state index is 6.22. The van der Waals surface area contributed by atoms with Gasteiger partial charge in [0, 0.05) is 30.2 Å². The van der Waals surface area contributed by atoms with Crippen LogP contribution in [0.4, 0.5) is 0 Å². The Morgan fingerprint density at radius 1 is 1.38 bits per heavy atom. The number of rotatable bonds is 5. The minimum absolute atomic E-state index is 0.564. The average molecular weight is 321 g/mol. The van der Waals surface area contributed by atoms with E-state index in [2.05, 4.69) is 27.0 Å². The number of aliphatic imine (C=N–C) groups is 1. The van der Waals surface area contributed by atoms with E-state index in [1.54, 1.807) is 31.6 Å². The minimum atomic E-state index is 0.564. The van der Waals surface area contributed by atoms with E-state index in [0.29, 0.717) is 22.1 Å². The molecular formula is C15H14Cl2N4. The second-order valence-corrected chi connectivity index (χ2v) is 5.36. The normalized spacial score (nSPS) is 12.5. The number of allylic oxidation sites excluding steroid dienone is 2. The summed E-state index contributed by atoms with van der Waals surface area (Å²) < 4.78 is 0. The number of hydrogen-bond donors (Lipinski definition) is 1. The van der Waals surface area contributed by atoms with Crippen LogP contribution in [-0.4, -0.2) is 16.7 Å². The van der Waals surface area contributed by atoms with Crippen LogP contribution in [0, 0.1) is 0 Å². The van der Waals surface area contributed by atoms with Crippen molar-refractivity contribution < 1.29 is 0 Å². The summed E-state index contributed by atoms with van der Waals surface area (Å²) in [6.45, 7) is 5.80. The summed E-state index contributed by atoms with van der Waals surface area (Å²) in [7, 11) is 0. The van der Waals surface area contributed by atoms with Gasteiger partial charge >= 0.3 is 0 Å². The largest absolute Gasteiger partial charge is 0.380 e. The molecule has 0 unspecified atom stereocenters. The Bertz CT molecular complexity index is 719. The maximum Gasteiger partial charge on any atom is 0.107 e. The Balaban J connectivity index is 2.22. The van der Waals surface area contributed by atoms with Gasteiger partial charge in [-0.1, -0.05) is 23.2 Å². The van der Waals surface area contributed by atoms with Gasteiger partial charge in [-0.2, -0.15) is 0 Å². The van der Waals surface area contributed by atoms with Crippen molar-refractivity contribution in [2.75, 3.05) is 0 Å². The first-order valence-electron chi connectivity index (χ1n) is 6.23. The molecule has 0 saturated carbocycles. The maximum atomic E-state index is 6.22. The highest BCUT2D eigenvalue weighted by Gasteiger charge is 2.04. The molecule has 0 amide bonds. The zero-order valence-corrected chi connectivity index (χ0v) is 13.0. The molecule has 0 aliphatic rings. The number of halogens is 2. The van der Waals surface area contributed by atoms with E-state index < -0.39 is 0 Å². The summed E-state index contributed by atoms with van der Waals surface area (Å²) in [5, 5.41) is 4.45. The van der Waals surface area contributed by atoms with Crippen LogP contribution in [-0.2, 0) is 6.54 Å². The van der Waals surface area contributed by atoms with Gasteiger partial charge in [-0.3, -0.25) is 15.0 Å². The highest BCUT2D eigenvalue weighted by atomic mass is 35.5. The van der Waals surface area contributed by atoms with Crippen LogP contribution in [0.1, 0.15) is 12.5 Å². The Morgan fingerprint density at radius 3 is 2.86 bits per heavy atom. The standard InChI is InChI=1S/C15H14Cl2N4/c1-10(16)5-12(9-18-2)21-8-11-6-13(17)15-14(7-11)19-3-4-20-15/h3-7,9,21H,2,8H2,1H3/b10-5?,12-9+. The van der Waals surface area contributed by atoms with Crippen molar-refractivity contribution >= 4 is 41.0 Å². The first-order chi connectivity index (χ1) is 10.1. The summed E-state index contributed by atoms with van der Waals surface area (Å²) in [4.78, 5) is 12.2. The number of hydrogen-bond acceptors (Lipinski definition) is 4. The van der Waals surface area contributed by atoms with E-state index in [1.807, 2.05) is 12.1 Å². The fourth-order valence-corrected chi connectivity index (χ4v) is 2.24. The number of nitrogens with zero attached hydrogens (tertiary/aromatic N) is 3. The molecule has 108 valence electrons. The van der Waals surface area contributed by atoms with E-state index in [4.69, 9.17) is 23.2 Å². The lowest BCUT2D eigenvalue weighted by atomic mass is 10.2. The molecule has 1 heterocycles. The van der Waals surface area contributed by atoms with E-state index in [9.17, 15) is 0 Å². The monoisotopic (exact) mass is 320 g/mol. The van der Waals surface area contributed by atoms with E-state index in [-0.39, 0.29) is 0 Å². The van der Waals surface area contributed by atoms with Gasteiger partial charge in [-0.25, -0.2) is 0 Å². The molecule has 21 heavy (non-hydrogen) atoms. The van der Waals surface area contributed by atoms with Crippen molar-refractivity contribution in [2.24, 2.45) is 4.99 Å². The van der Waals surface area contributed by atoms with Gasteiger partial charge in [-0.05, 0) is 37.4 Å². The number of aromatic nitrogens is 2. The predicted molar refractivity (Wildman–Crippen MR) is 88.6 cm³/mol. The highest BCUT2D eigenvalue weighted by Crippen LogP contribution is 2.22. The van der Waals surface area contributed by atoms with Crippen molar-refractivity contribution in [3.8, 4) is 0 Å². The summed E-state index contributed by atoms with van der Waals surface area (Å²) >= 11 is 12.1. The molecule has 0 radical (unpaired) electrons. The van der Waals surface area contributed by atoms with Gasteiger partial charge in [0.25, 0.3) is 0 Å². The van der Waals surface area contributed by atoms with Crippen LogP contribution in [0.25, 0.3) is 11.0 Å². The molecule has 0 saturated heterocycles. The molecule has 0 bridgehead atoms. The molecule has 2 rings (SSSR count).